The summed E-state index contributed by atoms with van der Waals surface area (Å²) >= 11 is 0. The number of carboxylic acid groups (broad SMARTS) is 1. The van der Waals surface area contributed by atoms with E-state index in [2.05, 4.69) is 4.98 Å². The van der Waals surface area contributed by atoms with Crippen molar-refractivity contribution >= 4 is 17.5 Å². The van der Waals surface area contributed by atoms with Crippen LogP contribution in [0.15, 0.2) is 30.6 Å². The molecule has 0 saturated carbocycles. The highest BCUT2D eigenvalue weighted by atomic mass is 16.4. The summed E-state index contributed by atoms with van der Waals surface area (Å²) in [5, 5.41) is 9.34. The molecule has 3 rings (SSSR count). The quantitative estimate of drug-likeness (QED) is 0.915. The van der Waals surface area contributed by atoms with Crippen molar-refractivity contribution in [3.63, 3.8) is 0 Å². The summed E-state index contributed by atoms with van der Waals surface area (Å²) in [6.45, 7) is 2.34. The van der Waals surface area contributed by atoms with Crippen LogP contribution in [-0.4, -0.2) is 37.8 Å². The summed E-state index contributed by atoms with van der Waals surface area (Å²) in [4.78, 5) is 29.4. The number of carbonyl (C=O) groups excluding carboxylic acids is 1. The molecule has 1 N–H and O–H groups in total. The molecule has 3 heterocycles. The second-order valence-electron chi connectivity index (χ2n) is 4.91. The maximum Gasteiger partial charge on any atom is 0.309 e. The molecule has 104 valence electrons. The molecule has 1 saturated heterocycles. The Kier molecular flexibility index (Phi) is 2.93. The zero-order chi connectivity index (χ0) is 14.3. The molecular weight excluding hydrogens is 258 g/mol. The highest BCUT2D eigenvalue weighted by Crippen LogP contribution is 2.37. The molecule has 0 radical (unpaired) electrons. The summed E-state index contributed by atoms with van der Waals surface area (Å²) in [6, 6.07) is 5.12. The number of carboxylic acids is 1. The summed E-state index contributed by atoms with van der Waals surface area (Å²) in [5.41, 5.74) is 1.39. The van der Waals surface area contributed by atoms with E-state index in [4.69, 9.17) is 0 Å². The molecule has 2 atom stereocenters. The second-order valence-corrected chi connectivity index (χ2v) is 4.91. The highest BCUT2D eigenvalue weighted by Gasteiger charge is 2.45. The van der Waals surface area contributed by atoms with E-state index in [1.807, 2.05) is 35.7 Å². The lowest BCUT2D eigenvalue weighted by molar-refractivity contribution is -0.142. The summed E-state index contributed by atoms with van der Waals surface area (Å²) in [5.74, 6) is -1.80. The molecule has 2 unspecified atom stereocenters. The number of pyridine rings is 1. The Morgan fingerprint density at radius 1 is 1.50 bits per heavy atom. The van der Waals surface area contributed by atoms with Gasteiger partial charge in [0.1, 0.15) is 5.65 Å². The predicted octanol–water partition coefficient (Wildman–Crippen LogP) is 1.33. The molecule has 1 amide bonds. The van der Waals surface area contributed by atoms with Gasteiger partial charge in [-0.25, -0.2) is 4.98 Å². The van der Waals surface area contributed by atoms with E-state index < -0.39 is 17.9 Å². The number of carbonyl (C=O) groups is 2. The molecule has 0 aliphatic carbocycles. The van der Waals surface area contributed by atoms with E-state index >= 15 is 0 Å². The van der Waals surface area contributed by atoms with Crippen LogP contribution < -0.4 is 0 Å². The van der Waals surface area contributed by atoms with Gasteiger partial charge in [0, 0.05) is 25.4 Å². The van der Waals surface area contributed by atoms with Gasteiger partial charge < -0.3 is 14.4 Å². The maximum atomic E-state index is 11.9. The van der Waals surface area contributed by atoms with Crippen molar-refractivity contribution < 1.29 is 14.7 Å². The summed E-state index contributed by atoms with van der Waals surface area (Å²) in [7, 11) is 0. The lowest BCUT2D eigenvalue weighted by atomic mass is 9.98. The predicted molar refractivity (Wildman–Crippen MR) is 71.1 cm³/mol. The third-order valence-corrected chi connectivity index (χ3v) is 3.78. The summed E-state index contributed by atoms with van der Waals surface area (Å²) in [6.07, 6.45) is 3.70. The van der Waals surface area contributed by atoms with Gasteiger partial charge >= 0.3 is 5.97 Å². The molecular formula is C14H15N3O3. The lowest BCUT2D eigenvalue weighted by Gasteiger charge is -2.23. The maximum absolute atomic E-state index is 11.9. The number of rotatable bonds is 3. The Balaban J connectivity index is 2.08. The number of imidazole rings is 1. The number of aromatic nitrogens is 2. The zero-order valence-electron chi connectivity index (χ0n) is 11.1. The van der Waals surface area contributed by atoms with Crippen molar-refractivity contribution in [2.24, 2.45) is 5.92 Å². The van der Waals surface area contributed by atoms with E-state index in [1.54, 1.807) is 11.1 Å². The fraction of sp³-hybridized carbons (Fsp3) is 0.357. The van der Waals surface area contributed by atoms with Crippen molar-refractivity contribution in [3.8, 4) is 0 Å². The van der Waals surface area contributed by atoms with Crippen LogP contribution in [0.2, 0.25) is 0 Å². The van der Waals surface area contributed by atoms with Gasteiger partial charge in [0.25, 0.3) is 0 Å². The van der Waals surface area contributed by atoms with Gasteiger partial charge in [-0.1, -0.05) is 6.07 Å². The molecule has 0 spiro atoms. The Bertz CT molecular complexity index is 646. The minimum Gasteiger partial charge on any atom is -0.481 e. The number of amides is 1. The highest BCUT2D eigenvalue weighted by molar-refractivity contribution is 5.87. The first kappa shape index (κ1) is 12.7. The molecule has 0 bridgehead atoms. The van der Waals surface area contributed by atoms with E-state index in [9.17, 15) is 14.7 Å². The lowest BCUT2D eigenvalue weighted by Crippen LogP contribution is -2.30. The molecule has 1 fully saturated rings. The van der Waals surface area contributed by atoms with Crippen molar-refractivity contribution in [3.05, 3.63) is 36.3 Å². The first-order chi connectivity index (χ1) is 9.61. The first-order valence-electron chi connectivity index (χ1n) is 6.57. The molecule has 1 aliphatic heterocycles. The SMILES string of the molecule is CCN1C(=O)CC(C(=O)O)C1c1cn2ccccc2n1. The number of fused-ring (bicyclic) bond motifs is 1. The van der Waals surface area contributed by atoms with Crippen LogP contribution in [-0.2, 0) is 9.59 Å². The molecule has 6 heteroatoms. The van der Waals surface area contributed by atoms with Gasteiger partial charge in [-0.05, 0) is 19.1 Å². The number of hydrogen-bond acceptors (Lipinski definition) is 3. The molecule has 2 aromatic heterocycles. The van der Waals surface area contributed by atoms with Gasteiger partial charge in [0.2, 0.25) is 5.91 Å². The minimum atomic E-state index is -0.948. The normalized spacial score (nSPS) is 22.6. The molecule has 2 aromatic rings. The third-order valence-electron chi connectivity index (χ3n) is 3.78. The average molecular weight is 273 g/mol. The fourth-order valence-corrected chi connectivity index (χ4v) is 2.85. The monoisotopic (exact) mass is 273 g/mol. The van der Waals surface area contributed by atoms with Crippen LogP contribution in [0.3, 0.4) is 0 Å². The van der Waals surface area contributed by atoms with Gasteiger partial charge in [-0.15, -0.1) is 0 Å². The Hall–Kier alpha value is -2.37. The van der Waals surface area contributed by atoms with Gasteiger partial charge in [-0.2, -0.15) is 0 Å². The van der Waals surface area contributed by atoms with Crippen molar-refractivity contribution in [2.75, 3.05) is 6.54 Å². The van der Waals surface area contributed by atoms with Crippen molar-refractivity contribution in [1.82, 2.24) is 14.3 Å². The largest absolute Gasteiger partial charge is 0.481 e. The molecule has 20 heavy (non-hydrogen) atoms. The Morgan fingerprint density at radius 2 is 2.30 bits per heavy atom. The van der Waals surface area contributed by atoms with Crippen LogP contribution in [0.1, 0.15) is 25.1 Å². The van der Waals surface area contributed by atoms with E-state index in [-0.39, 0.29) is 12.3 Å². The van der Waals surface area contributed by atoms with E-state index in [0.29, 0.717) is 12.2 Å². The molecule has 0 aromatic carbocycles. The zero-order valence-corrected chi connectivity index (χ0v) is 11.1. The fourth-order valence-electron chi connectivity index (χ4n) is 2.85. The van der Waals surface area contributed by atoms with Gasteiger partial charge in [-0.3, -0.25) is 9.59 Å². The van der Waals surface area contributed by atoms with Crippen LogP contribution in [0, 0.1) is 5.92 Å². The van der Waals surface area contributed by atoms with Gasteiger partial charge in [0.15, 0.2) is 0 Å². The van der Waals surface area contributed by atoms with Crippen LogP contribution >= 0.6 is 0 Å². The van der Waals surface area contributed by atoms with Crippen molar-refractivity contribution in [1.29, 1.82) is 0 Å². The molecule has 1 aliphatic rings. The van der Waals surface area contributed by atoms with E-state index in [0.717, 1.165) is 5.65 Å². The van der Waals surface area contributed by atoms with Gasteiger partial charge in [0.05, 0.1) is 17.7 Å². The number of hydrogen-bond donors (Lipinski definition) is 1. The second kappa shape index (κ2) is 4.63. The van der Waals surface area contributed by atoms with E-state index in [1.165, 1.54) is 0 Å². The number of likely N-dealkylation sites (tertiary alicyclic amines) is 1. The standard InChI is InChI=1S/C14H15N3O3/c1-2-17-12(18)7-9(14(19)20)13(17)10-8-16-6-4-3-5-11(16)15-10/h3-6,8-9,13H,2,7H2,1H3,(H,19,20). The Morgan fingerprint density at radius 3 is 2.95 bits per heavy atom. The van der Waals surface area contributed by atoms with Crippen LogP contribution in [0.5, 0.6) is 0 Å². The minimum absolute atomic E-state index is 0.0434. The third kappa shape index (κ3) is 1.84. The Labute approximate surface area is 115 Å². The molecule has 6 nitrogen and oxygen atoms in total. The topological polar surface area (TPSA) is 74.9 Å². The summed E-state index contributed by atoms with van der Waals surface area (Å²) < 4.78 is 1.84. The first-order valence-corrected chi connectivity index (χ1v) is 6.57. The number of aliphatic carboxylic acids is 1. The average Bonchev–Trinajstić information content (AvgIpc) is 2.98. The van der Waals surface area contributed by atoms with Crippen LogP contribution in [0.25, 0.3) is 5.65 Å². The number of nitrogens with zero attached hydrogens (tertiary/aromatic N) is 3. The van der Waals surface area contributed by atoms with Crippen LogP contribution in [0.4, 0.5) is 0 Å². The smallest absolute Gasteiger partial charge is 0.309 e. The van der Waals surface area contributed by atoms with Crippen molar-refractivity contribution in [2.45, 2.75) is 19.4 Å².